The summed E-state index contributed by atoms with van der Waals surface area (Å²) in [4.78, 5) is 13.7. The molecule has 1 N–H and O–H groups in total. The second-order valence-electron chi connectivity index (χ2n) is 4.29. The average molecular weight is 254 g/mol. The molecule has 1 amide bonds. The molecular weight excluding hydrogens is 238 g/mol. The maximum atomic E-state index is 12.0. The van der Waals surface area contributed by atoms with Crippen LogP contribution in [0.15, 0.2) is 24.3 Å². The van der Waals surface area contributed by atoms with Gasteiger partial charge in [0.15, 0.2) is 0 Å². The average Bonchev–Trinajstić information content (AvgIpc) is 2.50. The van der Waals surface area contributed by atoms with Gasteiger partial charge in [0.05, 0.1) is 18.5 Å². The van der Waals surface area contributed by atoms with Crippen molar-refractivity contribution >= 4 is 23.2 Å². The quantitative estimate of drug-likeness (QED) is 0.837. The zero-order valence-corrected chi connectivity index (χ0v) is 10.4. The highest BCUT2D eigenvalue weighted by Gasteiger charge is 2.23. The van der Waals surface area contributed by atoms with Gasteiger partial charge in [0.2, 0.25) is 5.91 Å². The standard InChI is InChI=1S/C13H16ClNO2/c14-8-11(16)9-15-12-6-2-1-4-10(12)5-3-7-13(15)17/h1-2,4,6,11,16H,3,5,7-9H2. The van der Waals surface area contributed by atoms with Crippen molar-refractivity contribution in [3.8, 4) is 0 Å². The number of hydrogen-bond donors (Lipinski definition) is 1. The van der Waals surface area contributed by atoms with E-state index in [4.69, 9.17) is 11.6 Å². The van der Waals surface area contributed by atoms with Crippen molar-refractivity contribution in [2.75, 3.05) is 17.3 Å². The molecular formula is C13H16ClNO2. The fourth-order valence-electron chi connectivity index (χ4n) is 2.14. The van der Waals surface area contributed by atoms with Crippen LogP contribution >= 0.6 is 11.6 Å². The van der Waals surface area contributed by atoms with Gasteiger partial charge in [-0.2, -0.15) is 0 Å². The largest absolute Gasteiger partial charge is 0.390 e. The Balaban J connectivity index is 2.30. The maximum Gasteiger partial charge on any atom is 0.227 e. The van der Waals surface area contributed by atoms with Crippen LogP contribution in [0.5, 0.6) is 0 Å². The van der Waals surface area contributed by atoms with Crippen LogP contribution in [0.25, 0.3) is 0 Å². The predicted molar refractivity (Wildman–Crippen MR) is 68.5 cm³/mol. The number of aryl methyl sites for hydroxylation is 1. The van der Waals surface area contributed by atoms with E-state index in [0.29, 0.717) is 6.42 Å². The van der Waals surface area contributed by atoms with Crippen LogP contribution in [-0.4, -0.2) is 29.5 Å². The number of fused-ring (bicyclic) bond motifs is 1. The molecule has 2 rings (SSSR count). The third-order valence-corrected chi connectivity index (χ3v) is 3.35. The Kier molecular flexibility index (Phi) is 4.02. The minimum atomic E-state index is -0.674. The number of carbonyl (C=O) groups excluding carboxylic acids is 1. The minimum absolute atomic E-state index is 0.0686. The van der Waals surface area contributed by atoms with E-state index in [1.54, 1.807) is 4.90 Å². The van der Waals surface area contributed by atoms with Gasteiger partial charge in [0.25, 0.3) is 0 Å². The van der Waals surface area contributed by atoms with Crippen molar-refractivity contribution in [3.63, 3.8) is 0 Å². The zero-order chi connectivity index (χ0) is 12.3. The van der Waals surface area contributed by atoms with E-state index in [-0.39, 0.29) is 18.3 Å². The minimum Gasteiger partial charge on any atom is -0.390 e. The Morgan fingerprint density at radius 2 is 2.12 bits per heavy atom. The number of rotatable bonds is 3. The molecule has 3 nitrogen and oxygen atoms in total. The maximum absolute atomic E-state index is 12.0. The van der Waals surface area contributed by atoms with Crippen LogP contribution in [0, 0.1) is 0 Å². The second-order valence-corrected chi connectivity index (χ2v) is 4.60. The number of alkyl halides is 1. The van der Waals surface area contributed by atoms with Crippen LogP contribution in [-0.2, 0) is 11.2 Å². The molecule has 0 aliphatic carbocycles. The van der Waals surface area contributed by atoms with Crippen molar-refractivity contribution in [1.82, 2.24) is 0 Å². The summed E-state index contributed by atoms with van der Waals surface area (Å²) in [5.41, 5.74) is 2.08. The molecule has 4 heteroatoms. The Bertz CT molecular complexity index is 408. The van der Waals surface area contributed by atoms with Gasteiger partial charge in [-0.15, -0.1) is 11.6 Å². The molecule has 0 fully saturated rings. The van der Waals surface area contributed by atoms with Gasteiger partial charge in [-0.1, -0.05) is 18.2 Å². The number of β-amino-alcohol motifs (C(OH)–C–C–N with tert-alkyl or cyclic N) is 1. The van der Waals surface area contributed by atoms with Crippen LogP contribution in [0.3, 0.4) is 0 Å². The summed E-state index contributed by atoms with van der Waals surface area (Å²) >= 11 is 5.60. The molecule has 1 atom stereocenters. The molecule has 1 unspecified atom stereocenters. The Labute approximate surface area is 106 Å². The van der Waals surface area contributed by atoms with E-state index < -0.39 is 6.10 Å². The highest BCUT2D eigenvalue weighted by molar-refractivity contribution is 6.18. The van der Waals surface area contributed by atoms with Crippen molar-refractivity contribution in [2.45, 2.75) is 25.4 Å². The normalized spacial score (nSPS) is 17.5. The molecule has 1 aromatic carbocycles. The Morgan fingerprint density at radius 3 is 2.88 bits per heavy atom. The number of halogens is 1. The van der Waals surface area contributed by atoms with E-state index in [9.17, 15) is 9.90 Å². The van der Waals surface area contributed by atoms with Crippen molar-refractivity contribution in [2.24, 2.45) is 0 Å². The highest BCUT2D eigenvalue weighted by atomic mass is 35.5. The smallest absolute Gasteiger partial charge is 0.227 e. The molecule has 1 aromatic rings. The van der Waals surface area contributed by atoms with Gasteiger partial charge in [0.1, 0.15) is 0 Å². The van der Waals surface area contributed by atoms with E-state index in [0.717, 1.165) is 18.5 Å². The number of nitrogens with zero attached hydrogens (tertiary/aromatic N) is 1. The lowest BCUT2D eigenvalue weighted by molar-refractivity contribution is -0.118. The number of aliphatic hydroxyl groups excluding tert-OH is 1. The van der Waals surface area contributed by atoms with Gasteiger partial charge in [-0.05, 0) is 24.5 Å². The Morgan fingerprint density at radius 1 is 1.35 bits per heavy atom. The first kappa shape index (κ1) is 12.4. The number of amides is 1. The van der Waals surface area contributed by atoms with Crippen LogP contribution in [0.2, 0.25) is 0 Å². The highest BCUT2D eigenvalue weighted by Crippen LogP contribution is 2.26. The van der Waals surface area contributed by atoms with E-state index in [1.807, 2.05) is 24.3 Å². The number of carbonyl (C=O) groups is 1. The van der Waals surface area contributed by atoms with E-state index in [1.165, 1.54) is 5.56 Å². The summed E-state index contributed by atoms with van der Waals surface area (Å²) in [7, 11) is 0. The molecule has 1 aliphatic rings. The number of benzene rings is 1. The van der Waals surface area contributed by atoms with Crippen LogP contribution in [0.4, 0.5) is 5.69 Å². The van der Waals surface area contributed by atoms with E-state index in [2.05, 4.69) is 0 Å². The lowest BCUT2D eigenvalue weighted by atomic mass is 10.1. The van der Waals surface area contributed by atoms with Gasteiger partial charge < -0.3 is 10.0 Å². The summed E-state index contributed by atoms with van der Waals surface area (Å²) in [5.74, 6) is 0.213. The first-order valence-corrected chi connectivity index (χ1v) is 6.38. The number of anilines is 1. The topological polar surface area (TPSA) is 40.5 Å². The van der Waals surface area contributed by atoms with Gasteiger partial charge in [0, 0.05) is 12.1 Å². The fraction of sp³-hybridized carbons (Fsp3) is 0.462. The number of hydrogen-bond acceptors (Lipinski definition) is 2. The predicted octanol–water partition coefficient (Wildman–Crippen LogP) is 1.96. The SMILES string of the molecule is O=C1CCCc2ccccc2N1CC(O)CCl. The molecule has 0 radical (unpaired) electrons. The zero-order valence-electron chi connectivity index (χ0n) is 9.60. The molecule has 0 bridgehead atoms. The molecule has 0 saturated carbocycles. The summed E-state index contributed by atoms with van der Waals surface area (Å²) in [6.07, 6.45) is 1.63. The fourth-order valence-corrected chi connectivity index (χ4v) is 2.24. The summed E-state index contributed by atoms with van der Waals surface area (Å²) in [5, 5.41) is 9.62. The van der Waals surface area contributed by atoms with Gasteiger partial charge >= 0.3 is 0 Å². The summed E-state index contributed by atoms with van der Waals surface area (Å²) in [6, 6.07) is 7.86. The molecule has 0 saturated heterocycles. The second kappa shape index (κ2) is 5.52. The first-order chi connectivity index (χ1) is 8.22. The summed E-state index contributed by atoms with van der Waals surface area (Å²) in [6.45, 7) is 0.277. The monoisotopic (exact) mass is 253 g/mol. The van der Waals surface area contributed by atoms with Crippen molar-refractivity contribution in [1.29, 1.82) is 0 Å². The number of para-hydroxylation sites is 1. The van der Waals surface area contributed by atoms with Gasteiger partial charge in [-0.25, -0.2) is 0 Å². The lowest BCUT2D eigenvalue weighted by Crippen LogP contribution is -2.37. The van der Waals surface area contributed by atoms with Crippen molar-refractivity contribution in [3.05, 3.63) is 29.8 Å². The lowest BCUT2D eigenvalue weighted by Gasteiger charge is -2.24. The third kappa shape index (κ3) is 2.79. The molecule has 1 heterocycles. The number of aliphatic hydroxyl groups is 1. The van der Waals surface area contributed by atoms with E-state index >= 15 is 0 Å². The summed E-state index contributed by atoms with van der Waals surface area (Å²) < 4.78 is 0. The third-order valence-electron chi connectivity index (χ3n) is 2.99. The molecule has 0 spiro atoms. The molecule has 0 aromatic heterocycles. The van der Waals surface area contributed by atoms with Crippen LogP contribution in [0.1, 0.15) is 18.4 Å². The molecule has 1 aliphatic heterocycles. The molecule has 17 heavy (non-hydrogen) atoms. The first-order valence-electron chi connectivity index (χ1n) is 5.84. The Hall–Kier alpha value is -1.06. The molecule has 92 valence electrons. The van der Waals surface area contributed by atoms with Crippen molar-refractivity contribution < 1.29 is 9.90 Å². The van der Waals surface area contributed by atoms with Gasteiger partial charge in [-0.3, -0.25) is 4.79 Å². The van der Waals surface area contributed by atoms with Crippen LogP contribution < -0.4 is 4.90 Å².